The Kier molecular flexibility index (Phi) is 18.0. The van der Waals surface area contributed by atoms with E-state index in [1.54, 1.807) is 15.1 Å². The molecule has 2 heterocycles. The predicted octanol–water partition coefficient (Wildman–Crippen LogP) is 6.16. The lowest BCUT2D eigenvalue weighted by atomic mass is 10.1. The van der Waals surface area contributed by atoms with Gasteiger partial charge in [0.25, 0.3) is 5.91 Å². The fourth-order valence-electron chi connectivity index (χ4n) is 7.14. The molecule has 0 atom stereocenters. The minimum atomic E-state index is -3.26. The molecule has 3 N–H and O–H groups in total. The number of amides is 5. The second-order valence-corrected chi connectivity index (χ2v) is 15.2. The second-order valence-electron chi connectivity index (χ2n) is 15.2. The van der Waals surface area contributed by atoms with Crippen LogP contribution in [0.25, 0.3) is 0 Å². The normalized spacial score (nSPS) is 14.4. The van der Waals surface area contributed by atoms with Gasteiger partial charge in [0.05, 0.1) is 26.2 Å². The van der Waals surface area contributed by atoms with Gasteiger partial charge in [-0.25, -0.2) is 27.2 Å². The first-order valence-electron chi connectivity index (χ1n) is 21.1. The van der Waals surface area contributed by atoms with Gasteiger partial charge in [-0.1, -0.05) is 38.1 Å². The van der Waals surface area contributed by atoms with Crippen molar-refractivity contribution in [1.82, 2.24) is 24.9 Å². The zero-order chi connectivity index (χ0) is 47.2. The number of hydrogen-bond acceptors (Lipinski definition) is 8. The maximum Gasteiger partial charge on any atom is 0.324 e. The zero-order valence-electron chi connectivity index (χ0n) is 36.1. The van der Waals surface area contributed by atoms with Gasteiger partial charge in [0.2, 0.25) is 0 Å². The third-order valence-electron chi connectivity index (χ3n) is 11.1. The minimum absolute atomic E-state index is 0.0403. The van der Waals surface area contributed by atoms with E-state index in [1.165, 1.54) is 82.6 Å². The van der Waals surface area contributed by atoms with Crippen LogP contribution in [0.3, 0.4) is 0 Å². The molecule has 13 nitrogen and oxygen atoms in total. The Balaban J connectivity index is 0.000000247. The molecule has 6 rings (SSSR count). The molecule has 348 valence electrons. The first-order valence-corrected chi connectivity index (χ1v) is 21.1. The Bertz CT molecular complexity index is 2270. The van der Waals surface area contributed by atoms with Crippen LogP contribution in [0.4, 0.5) is 47.3 Å². The Labute approximate surface area is 373 Å². The molecule has 0 spiro atoms. The number of likely N-dealkylation sites (N-methyl/N-ethyl adjacent to an activating group) is 2. The van der Waals surface area contributed by atoms with Gasteiger partial charge >= 0.3 is 18.5 Å². The van der Waals surface area contributed by atoms with Crippen LogP contribution in [0, 0.1) is 23.3 Å². The number of urea groups is 2. The maximum absolute atomic E-state index is 14.9. The number of rotatable bonds is 14. The van der Waals surface area contributed by atoms with E-state index >= 15 is 0 Å². The van der Waals surface area contributed by atoms with E-state index in [1.807, 2.05) is 6.92 Å². The smallest absolute Gasteiger partial charge is 0.324 e. The number of carbonyl (C=O) groups excluding carboxylic acids is 5. The number of nitrogens with zero attached hydrogens (tertiary/aromatic N) is 6. The molecular weight excluding hydrogens is 859 g/mol. The molecule has 0 saturated carbocycles. The Morgan fingerprint density at radius 3 is 1.31 bits per heavy atom. The summed E-state index contributed by atoms with van der Waals surface area (Å²) in [6.07, 6.45) is -3.26. The molecule has 65 heavy (non-hydrogen) atoms. The number of nitrogens with one attached hydrogen (secondary N) is 1. The van der Waals surface area contributed by atoms with E-state index in [-0.39, 0.29) is 59.7 Å². The molecule has 0 aliphatic carbocycles. The summed E-state index contributed by atoms with van der Waals surface area (Å²) in [5.41, 5.74) is 6.62. The van der Waals surface area contributed by atoms with Crippen LogP contribution < -0.4 is 20.9 Å². The third kappa shape index (κ3) is 13.6. The van der Waals surface area contributed by atoms with Crippen molar-refractivity contribution in [3.63, 3.8) is 0 Å². The fourth-order valence-corrected chi connectivity index (χ4v) is 7.14. The molecule has 19 heteroatoms. The van der Waals surface area contributed by atoms with Gasteiger partial charge < -0.3 is 30.7 Å². The quantitative estimate of drug-likeness (QED) is 0.113. The minimum Gasteiger partial charge on any atom is -0.344 e. The van der Waals surface area contributed by atoms with Crippen molar-refractivity contribution < 1.29 is 50.3 Å². The second kappa shape index (κ2) is 23.6. The highest BCUT2D eigenvalue weighted by atomic mass is 19.3. The molecular formula is C46H52F6N8O5. The van der Waals surface area contributed by atoms with E-state index in [0.717, 1.165) is 38.3 Å². The lowest BCUT2D eigenvalue weighted by molar-refractivity contribution is -0.131. The third-order valence-corrected chi connectivity index (χ3v) is 11.1. The average Bonchev–Trinajstić information content (AvgIpc) is 3.32. The van der Waals surface area contributed by atoms with E-state index < -0.39 is 47.9 Å². The molecule has 5 amide bonds. The van der Waals surface area contributed by atoms with Crippen molar-refractivity contribution in [3.8, 4) is 0 Å². The van der Waals surface area contributed by atoms with Crippen LogP contribution >= 0.6 is 0 Å². The van der Waals surface area contributed by atoms with Crippen molar-refractivity contribution in [2.75, 3.05) is 88.3 Å². The van der Waals surface area contributed by atoms with Crippen LogP contribution in [0.2, 0.25) is 0 Å². The molecule has 4 aromatic rings. The summed E-state index contributed by atoms with van der Waals surface area (Å²) in [6.45, 7) is 9.82. The number of benzene rings is 4. The Hall–Kier alpha value is -6.31. The van der Waals surface area contributed by atoms with Crippen molar-refractivity contribution in [2.45, 2.75) is 33.4 Å². The van der Waals surface area contributed by atoms with E-state index in [4.69, 9.17) is 5.73 Å². The van der Waals surface area contributed by atoms with Crippen molar-refractivity contribution in [3.05, 3.63) is 130 Å². The van der Waals surface area contributed by atoms with Crippen LogP contribution in [-0.4, -0.2) is 134 Å². The van der Waals surface area contributed by atoms with Crippen molar-refractivity contribution >= 4 is 40.9 Å². The number of anilines is 2. The number of ketones is 2. The van der Waals surface area contributed by atoms with Gasteiger partial charge in [0.15, 0.2) is 11.6 Å². The standard InChI is InChI=1S/C24H26F4N4O3.C22H26F2N4O2/c1-2-30-9-11-31(12-10-30)24(35)32(19-7-5-18(25)6-8-19)15-17-4-3-16(13-20(17)26)21(33)14-29-23(34)22(27)28;1-2-26-9-11-27(12-10-26)22(30)28(19-7-5-18(23)6-8-19)15-17-4-3-16(13-20(17)24)21(29)14-25/h3-8,13,22H,2,9-12,14-15H2,1H3,(H,29,34);3-8,13H,2,9-12,14-15,25H2,1H3. The van der Waals surface area contributed by atoms with Crippen LogP contribution in [0.1, 0.15) is 45.7 Å². The molecule has 2 aliphatic heterocycles. The van der Waals surface area contributed by atoms with Crippen molar-refractivity contribution in [1.29, 1.82) is 0 Å². The summed E-state index contributed by atoms with van der Waals surface area (Å²) in [5, 5.41) is 1.78. The summed E-state index contributed by atoms with van der Waals surface area (Å²) >= 11 is 0. The van der Waals surface area contributed by atoms with Gasteiger partial charge in [-0.05, 0) is 73.8 Å². The molecule has 4 aromatic carbocycles. The number of alkyl halides is 2. The highest BCUT2D eigenvalue weighted by Crippen LogP contribution is 2.25. The van der Waals surface area contributed by atoms with Gasteiger partial charge in [-0.15, -0.1) is 0 Å². The molecule has 2 aliphatic rings. The van der Waals surface area contributed by atoms with Gasteiger partial charge in [0, 0.05) is 86.0 Å². The topological polar surface area (TPSA) is 143 Å². The Morgan fingerprint density at radius 1 is 0.585 bits per heavy atom. The van der Waals surface area contributed by atoms with E-state index in [2.05, 4.69) is 16.7 Å². The summed E-state index contributed by atoms with van der Waals surface area (Å²) in [5.74, 6) is -4.98. The lowest BCUT2D eigenvalue weighted by Crippen LogP contribution is -2.52. The van der Waals surface area contributed by atoms with Crippen LogP contribution in [0.5, 0.6) is 0 Å². The SMILES string of the molecule is CCN1CCN(C(=O)N(Cc2ccc(C(=O)CN)cc2F)c2ccc(F)cc2)CC1.CCN1CCN(C(=O)N(Cc2ccc(C(=O)CNC(=O)C(F)F)cc2F)c2ccc(F)cc2)CC1. The zero-order valence-corrected chi connectivity index (χ0v) is 36.1. The van der Waals surface area contributed by atoms with Crippen LogP contribution in [0.15, 0.2) is 84.9 Å². The number of halogens is 6. The van der Waals surface area contributed by atoms with Gasteiger partial charge in [-0.3, -0.25) is 24.2 Å². The molecule has 2 fully saturated rings. The lowest BCUT2D eigenvalue weighted by Gasteiger charge is -2.37. The summed E-state index contributed by atoms with van der Waals surface area (Å²) < 4.78 is 81.0. The molecule has 2 saturated heterocycles. The fraction of sp³-hybridized carbons (Fsp3) is 0.370. The highest BCUT2D eigenvalue weighted by molar-refractivity contribution is 6.00. The first-order chi connectivity index (χ1) is 31.1. The van der Waals surface area contributed by atoms with Crippen LogP contribution in [-0.2, 0) is 17.9 Å². The first kappa shape index (κ1) is 49.7. The molecule has 0 radical (unpaired) electrons. The highest BCUT2D eigenvalue weighted by Gasteiger charge is 2.29. The van der Waals surface area contributed by atoms with Gasteiger partial charge in [0.1, 0.15) is 23.3 Å². The monoisotopic (exact) mass is 910 g/mol. The molecule has 0 aromatic heterocycles. The molecule has 0 unspecified atom stereocenters. The summed E-state index contributed by atoms with van der Waals surface area (Å²) in [7, 11) is 0. The van der Waals surface area contributed by atoms with Gasteiger partial charge in [-0.2, -0.15) is 8.78 Å². The predicted molar refractivity (Wildman–Crippen MR) is 233 cm³/mol. The molecule has 0 bridgehead atoms. The summed E-state index contributed by atoms with van der Waals surface area (Å²) in [6, 6.07) is 17.8. The van der Waals surface area contributed by atoms with E-state index in [9.17, 15) is 50.3 Å². The number of piperazine rings is 2. The number of hydrogen-bond donors (Lipinski definition) is 2. The maximum atomic E-state index is 14.9. The van der Waals surface area contributed by atoms with E-state index in [0.29, 0.717) is 50.6 Å². The average molecular weight is 911 g/mol. The number of carbonyl (C=O) groups is 5. The number of Topliss-reactive ketones (excluding diaryl/α,β-unsaturated/α-hetero) is 2. The number of nitrogens with two attached hydrogens (primary N) is 1. The summed E-state index contributed by atoms with van der Waals surface area (Å²) in [4.78, 5) is 72.0. The van der Waals surface area contributed by atoms with Crippen molar-refractivity contribution in [2.24, 2.45) is 5.73 Å². The Morgan fingerprint density at radius 2 is 0.969 bits per heavy atom. The largest absolute Gasteiger partial charge is 0.344 e.